The highest BCUT2D eigenvalue weighted by atomic mass is 35.7. The van der Waals surface area contributed by atoms with E-state index >= 15 is 0 Å². The van der Waals surface area contributed by atoms with Gasteiger partial charge in [-0.05, 0) is 44.2 Å². The number of ether oxygens (including phenoxy) is 2. The number of methoxy groups -OCH3 is 1. The van der Waals surface area contributed by atoms with Crippen LogP contribution in [-0.4, -0.2) is 13.9 Å². The lowest BCUT2D eigenvalue weighted by molar-refractivity contribution is 0.0493. The van der Waals surface area contributed by atoms with E-state index in [0.717, 1.165) is 18.6 Å². The molecule has 2 nitrogen and oxygen atoms in total. The largest absolute Gasteiger partial charge is 0.467 e. The van der Waals surface area contributed by atoms with Gasteiger partial charge in [0, 0.05) is 17.8 Å². The fraction of sp³-hybridized carbons (Fsp3) is 0.714. The standard InChI is InChI=1S/C21H36ClO2P/c1-8-10-11-12-21(9-2,25-22)18-14-17(20(4,5)6)13-16(3)19(18)24-15-23-7/h13-14,25H,8-12,15H2,1-7H3. The molecule has 0 heterocycles. The summed E-state index contributed by atoms with van der Waals surface area (Å²) in [6.45, 7) is 13.7. The van der Waals surface area contributed by atoms with Crippen LogP contribution in [0.3, 0.4) is 0 Å². The second-order valence-electron chi connectivity index (χ2n) is 7.96. The van der Waals surface area contributed by atoms with Gasteiger partial charge in [-0.25, -0.2) is 0 Å². The van der Waals surface area contributed by atoms with E-state index in [1.54, 1.807) is 7.11 Å². The molecule has 0 amide bonds. The molecule has 0 aliphatic carbocycles. The Morgan fingerprint density at radius 1 is 1.12 bits per heavy atom. The van der Waals surface area contributed by atoms with Gasteiger partial charge in [-0.2, -0.15) is 0 Å². The summed E-state index contributed by atoms with van der Waals surface area (Å²) in [5.74, 6) is 0.960. The van der Waals surface area contributed by atoms with Gasteiger partial charge in [0.2, 0.25) is 0 Å². The van der Waals surface area contributed by atoms with Crippen molar-refractivity contribution in [3.8, 4) is 5.75 Å². The summed E-state index contributed by atoms with van der Waals surface area (Å²) in [5.41, 5.74) is 3.87. The predicted octanol–water partition coefficient (Wildman–Crippen LogP) is 7.29. The third-order valence-electron chi connectivity index (χ3n) is 4.97. The second-order valence-corrected chi connectivity index (χ2v) is 9.67. The summed E-state index contributed by atoms with van der Waals surface area (Å²) < 4.78 is 11.2. The van der Waals surface area contributed by atoms with Crippen molar-refractivity contribution >= 4 is 19.2 Å². The van der Waals surface area contributed by atoms with E-state index in [-0.39, 0.29) is 17.4 Å². The van der Waals surface area contributed by atoms with Crippen LogP contribution in [0.15, 0.2) is 12.1 Å². The number of unbranched alkanes of at least 4 members (excludes halogenated alkanes) is 2. The Kier molecular flexibility index (Phi) is 9.23. The first-order valence-corrected chi connectivity index (χ1v) is 11.4. The Morgan fingerprint density at radius 2 is 1.80 bits per heavy atom. The smallest absolute Gasteiger partial charge is 0.188 e. The molecule has 0 saturated carbocycles. The Hall–Kier alpha value is -0.300. The van der Waals surface area contributed by atoms with E-state index < -0.39 is 0 Å². The predicted molar refractivity (Wildman–Crippen MR) is 113 cm³/mol. The van der Waals surface area contributed by atoms with Gasteiger partial charge in [0.05, 0.1) is 0 Å². The third kappa shape index (κ3) is 5.84. The van der Waals surface area contributed by atoms with Gasteiger partial charge in [-0.15, -0.1) is 0 Å². The summed E-state index contributed by atoms with van der Waals surface area (Å²) in [7, 11) is 2.00. The molecule has 0 N–H and O–H groups in total. The average Bonchev–Trinajstić information content (AvgIpc) is 2.57. The molecule has 2 unspecified atom stereocenters. The number of hydrogen-bond acceptors (Lipinski definition) is 2. The SMILES string of the molecule is CCCCCC(CC)(PCl)c1cc(C(C)(C)C)cc(C)c1OCOC. The maximum absolute atomic E-state index is 6.60. The van der Waals surface area contributed by atoms with Gasteiger partial charge in [-0.3, -0.25) is 0 Å². The van der Waals surface area contributed by atoms with Crippen LogP contribution in [-0.2, 0) is 15.3 Å². The maximum atomic E-state index is 6.60. The summed E-state index contributed by atoms with van der Waals surface area (Å²) in [4.78, 5) is 0. The molecular weight excluding hydrogens is 351 g/mol. The molecule has 0 aliphatic rings. The molecular formula is C21H36ClO2P. The zero-order valence-corrected chi connectivity index (χ0v) is 18.8. The van der Waals surface area contributed by atoms with E-state index in [0.29, 0.717) is 7.93 Å². The van der Waals surface area contributed by atoms with Crippen molar-refractivity contribution in [2.24, 2.45) is 0 Å². The Labute approximate surface area is 161 Å². The minimum absolute atomic E-state index is 0.0220. The van der Waals surface area contributed by atoms with Crippen molar-refractivity contribution in [2.45, 2.75) is 84.2 Å². The first kappa shape index (κ1) is 22.7. The van der Waals surface area contributed by atoms with Crippen LogP contribution in [0.2, 0.25) is 0 Å². The van der Waals surface area contributed by atoms with Crippen LogP contribution in [0.25, 0.3) is 0 Å². The second kappa shape index (κ2) is 10.1. The van der Waals surface area contributed by atoms with E-state index in [9.17, 15) is 0 Å². The highest BCUT2D eigenvalue weighted by molar-refractivity contribution is 7.69. The molecule has 1 aromatic rings. The fourth-order valence-corrected chi connectivity index (χ4v) is 4.90. The van der Waals surface area contributed by atoms with Gasteiger partial charge in [0.15, 0.2) is 6.79 Å². The van der Waals surface area contributed by atoms with E-state index in [2.05, 4.69) is 53.7 Å². The highest BCUT2D eigenvalue weighted by Crippen LogP contribution is 2.54. The molecule has 0 radical (unpaired) electrons. The van der Waals surface area contributed by atoms with E-state index in [1.165, 1.54) is 36.0 Å². The molecule has 0 fully saturated rings. The molecule has 1 rings (SSSR count). The molecule has 4 heteroatoms. The Bertz CT molecular complexity index is 533. The molecule has 1 aromatic carbocycles. The van der Waals surface area contributed by atoms with Crippen molar-refractivity contribution in [2.75, 3.05) is 13.9 Å². The van der Waals surface area contributed by atoms with E-state index in [1.807, 2.05) is 0 Å². The molecule has 2 atom stereocenters. The normalized spacial score (nSPS) is 14.9. The van der Waals surface area contributed by atoms with Gasteiger partial charge in [0.25, 0.3) is 0 Å². The lowest BCUT2D eigenvalue weighted by atomic mass is 9.80. The molecule has 0 saturated heterocycles. The Balaban J connectivity index is 3.49. The third-order valence-corrected chi connectivity index (χ3v) is 7.29. The van der Waals surface area contributed by atoms with Crippen molar-refractivity contribution in [1.29, 1.82) is 0 Å². The van der Waals surface area contributed by atoms with Crippen molar-refractivity contribution in [3.05, 3.63) is 28.8 Å². The van der Waals surface area contributed by atoms with Crippen LogP contribution in [0.1, 0.15) is 83.4 Å². The van der Waals surface area contributed by atoms with Gasteiger partial charge >= 0.3 is 0 Å². The lowest BCUT2D eigenvalue weighted by Gasteiger charge is -2.35. The molecule has 0 spiro atoms. The van der Waals surface area contributed by atoms with Gasteiger partial charge in [0.1, 0.15) is 5.75 Å². The van der Waals surface area contributed by atoms with Crippen LogP contribution in [0, 0.1) is 6.92 Å². The zero-order chi connectivity index (χ0) is 19.1. The average molecular weight is 387 g/mol. The minimum Gasteiger partial charge on any atom is -0.467 e. The van der Waals surface area contributed by atoms with Crippen LogP contribution < -0.4 is 4.74 Å². The van der Waals surface area contributed by atoms with E-state index in [4.69, 9.17) is 20.7 Å². The number of benzene rings is 1. The van der Waals surface area contributed by atoms with Crippen molar-refractivity contribution in [1.82, 2.24) is 0 Å². The zero-order valence-electron chi connectivity index (χ0n) is 17.1. The van der Waals surface area contributed by atoms with Gasteiger partial charge < -0.3 is 9.47 Å². The molecule has 0 aliphatic heterocycles. The maximum Gasteiger partial charge on any atom is 0.188 e. The summed E-state index contributed by atoms with van der Waals surface area (Å²) in [5, 5.41) is -0.0220. The number of halogens is 1. The number of aryl methyl sites for hydroxylation is 1. The van der Waals surface area contributed by atoms with Crippen LogP contribution in [0.5, 0.6) is 5.75 Å². The topological polar surface area (TPSA) is 18.5 Å². The van der Waals surface area contributed by atoms with Gasteiger partial charge in [-0.1, -0.05) is 77.3 Å². The molecule has 25 heavy (non-hydrogen) atoms. The van der Waals surface area contributed by atoms with Crippen LogP contribution in [0.4, 0.5) is 0 Å². The van der Waals surface area contributed by atoms with Crippen molar-refractivity contribution in [3.63, 3.8) is 0 Å². The van der Waals surface area contributed by atoms with Crippen LogP contribution >= 0.6 is 19.2 Å². The molecule has 0 aromatic heterocycles. The monoisotopic (exact) mass is 386 g/mol. The summed E-state index contributed by atoms with van der Waals surface area (Å²) in [6, 6.07) is 4.58. The minimum atomic E-state index is -0.0220. The molecule has 0 bridgehead atoms. The highest BCUT2D eigenvalue weighted by Gasteiger charge is 2.34. The van der Waals surface area contributed by atoms with Crippen molar-refractivity contribution < 1.29 is 9.47 Å². The quantitative estimate of drug-likeness (QED) is 0.238. The summed E-state index contributed by atoms with van der Waals surface area (Å²) >= 11 is 6.60. The summed E-state index contributed by atoms with van der Waals surface area (Å²) in [6.07, 6.45) is 5.80. The lowest BCUT2D eigenvalue weighted by Crippen LogP contribution is -2.23. The first-order chi connectivity index (χ1) is 11.8. The number of rotatable bonds is 10. The Morgan fingerprint density at radius 3 is 2.28 bits per heavy atom. The first-order valence-electron chi connectivity index (χ1n) is 9.40. The number of hydrogen-bond donors (Lipinski definition) is 0. The molecule has 144 valence electrons. The fourth-order valence-electron chi connectivity index (χ4n) is 3.22.